The molecule has 3 aromatic rings. The summed E-state index contributed by atoms with van der Waals surface area (Å²) in [4.78, 5) is 8.94. The molecule has 2 atom stereocenters. The van der Waals surface area contributed by atoms with Crippen LogP contribution in [0.4, 0.5) is 0 Å². The zero-order valence-corrected chi connectivity index (χ0v) is 19.1. The van der Waals surface area contributed by atoms with Gasteiger partial charge in [0, 0.05) is 26.9 Å². The van der Waals surface area contributed by atoms with Crippen LogP contribution in [-0.2, 0) is 21.3 Å². The Morgan fingerprint density at radius 3 is 2.53 bits per heavy atom. The fourth-order valence-electron chi connectivity index (χ4n) is 3.67. The number of hydrogen-bond acceptors (Lipinski definition) is 5. The summed E-state index contributed by atoms with van der Waals surface area (Å²) in [6.07, 6.45) is 4.37. The first-order valence-electron chi connectivity index (χ1n) is 10.1. The van der Waals surface area contributed by atoms with Crippen molar-refractivity contribution in [1.29, 1.82) is 0 Å². The van der Waals surface area contributed by atoms with Crippen molar-refractivity contribution < 1.29 is 13.2 Å². The number of hydrogen-bond donors (Lipinski definition) is 0. The van der Waals surface area contributed by atoms with Crippen LogP contribution in [0.3, 0.4) is 0 Å². The zero-order valence-electron chi connectivity index (χ0n) is 18.2. The first-order chi connectivity index (χ1) is 14.3. The molecule has 0 bridgehead atoms. The summed E-state index contributed by atoms with van der Waals surface area (Å²) in [6, 6.07) is 8.81. The molecule has 0 saturated carbocycles. The van der Waals surface area contributed by atoms with Crippen LogP contribution in [0, 0.1) is 12.8 Å². The maximum Gasteiger partial charge on any atom is 0.243 e. The van der Waals surface area contributed by atoms with Crippen molar-refractivity contribution in [2.24, 2.45) is 5.92 Å². The van der Waals surface area contributed by atoms with Gasteiger partial charge >= 0.3 is 0 Å². The van der Waals surface area contributed by atoms with Crippen LogP contribution >= 0.6 is 0 Å². The van der Waals surface area contributed by atoms with Gasteiger partial charge in [0.15, 0.2) is 0 Å². The molecule has 0 aliphatic heterocycles. The Morgan fingerprint density at radius 2 is 1.90 bits per heavy atom. The molecule has 7 nitrogen and oxygen atoms in total. The highest BCUT2D eigenvalue weighted by Gasteiger charge is 2.31. The summed E-state index contributed by atoms with van der Waals surface area (Å²) in [5, 5.41) is 0. The van der Waals surface area contributed by atoms with Crippen molar-refractivity contribution in [1.82, 2.24) is 18.8 Å². The summed E-state index contributed by atoms with van der Waals surface area (Å²) in [7, 11) is -0.378. The van der Waals surface area contributed by atoms with Crippen LogP contribution < -0.4 is 0 Å². The molecule has 2 heterocycles. The van der Waals surface area contributed by atoms with E-state index in [1.54, 1.807) is 38.7 Å². The molecular weight excluding hydrogens is 400 g/mol. The Morgan fingerprint density at radius 1 is 1.20 bits per heavy atom. The van der Waals surface area contributed by atoms with Gasteiger partial charge in [-0.3, -0.25) is 4.98 Å². The Bertz CT molecular complexity index is 1090. The lowest BCUT2D eigenvalue weighted by molar-refractivity contribution is 0.112. The fourth-order valence-corrected chi connectivity index (χ4v) is 5.10. The normalized spacial score (nSPS) is 14.3. The number of benzene rings is 1. The predicted molar refractivity (Wildman–Crippen MR) is 118 cm³/mol. The molecule has 0 aliphatic carbocycles. The predicted octanol–water partition coefficient (Wildman–Crippen LogP) is 3.47. The molecule has 0 amide bonds. The van der Waals surface area contributed by atoms with Crippen LogP contribution in [-0.4, -0.2) is 54.1 Å². The third kappa shape index (κ3) is 4.40. The summed E-state index contributed by atoms with van der Waals surface area (Å²) >= 11 is 0. The number of aromatic nitrogens is 3. The van der Waals surface area contributed by atoms with E-state index in [1.165, 1.54) is 4.31 Å². The second kappa shape index (κ2) is 9.24. The van der Waals surface area contributed by atoms with Gasteiger partial charge in [-0.15, -0.1) is 0 Å². The molecule has 0 saturated heterocycles. The molecule has 162 valence electrons. The van der Waals surface area contributed by atoms with E-state index in [2.05, 4.69) is 21.5 Å². The highest BCUT2D eigenvalue weighted by Crippen LogP contribution is 2.23. The lowest BCUT2D eigenvalue weighted by atomic mass is 10.0. The minimum atomic E-state index is -3.61. The van der Waals surface area contributed by atoms with E-state index in [4.69, 9.17) is 4.74 Å². The first-order valence-corrected chi connectivity index (χ1v) is 11.6. The number of rotatable bonds is 9. The van der Waals surface area contributed by atoms with Crippen molar-refractivity contribution >= 4 is 21.1 Å². The van der Waals surface area contributed by atoms with E-state index in [0.717, 1.165) is 28.8 Å². The number of aryl methyl sites for hydroxylation is 1. The average Bonchev–Trinajstić information content (AvgIpc) is 3.06. The standard InChI is InChI=1S/C22H30N4O3S/c1-6-16(2)22(15-29-5)25(4)30(27,28)19-9-7-18(8-10-19)14-26-17(3)24-20-13-23-12-11-21(20)26/h7-13,16,22H,6,14-15H2,1-5H3/t16?,22-/m1/s1. The third-order valence-corrected chi connectivity index (χ3v) is 7.68. The second-order valence-corrected chi connectivity index (χ2v) is 9.68. The van der Waals surface area contributed by atoms with Crippen LogP contribution in [0.5, 0.6) is 0 Å². The van der Waals surface area contributed by atoms with Gasteiger partial charge in [-0.2, -0.15) is 4.31 Å². The summed E-state index contributed by atoms with van der Waals surface area (Å²) in [5.41, 5.74) is 2.87. The topological polar surface area (TPSA) is 77.3 Å². The Hall–Kier alpha value is -2.29. The lowest BCUT2D eigenvalue weighted by Crippen LogP contribution is -2.43. The van der Waals surface area contributed by atoms with E-state index in [0.29, 0.717) is 13.2 Å². The number of imidazole rings is 1. The minimum Gasteiger partial charge on any atom is -0.383 e. The maximum absolute atomic E-state index is 13.2. The highest BCUT2D eigenvalue weighted by atomic mass is 32.2. The van der Waals surface area contributed by atoms with Crippen LogP contribution in [0.1, 0.15) is 31.7 Å². The van der Waals surface area contributed by atoms with Crippen molar-refractivity contribution in [3.63, 3.8) is 0 Å². The number of sulfonamides is 1. The van der Waals surface area contributed by atoms with E-state index in [9.17, 15) is 8.42 Å². The van der Waals surface area contributed by atoms with Crippen LogP contribution in [0.15, 0.2) is 47.6 Å². The summed E-state index contributed by atoms with van der Waals surface area (Å²) < 4.78 is 35.2. The molecule has 0 fully saturated rings. The number of methoxy groups -OCH3 is 1. The molecule has 1 unspecified atom stereocenters. The van der Waals surface area contributed by atoms with Gasteiger partial charge in [-0.05, 0) is 36.6 Å². The SMILES string of the molecule is CCC(C)[C@@H](COC)N(C)S(=O)(=O)c1ccc(Cn2c(C)nc3cnccc32)cc1. The molecule has 0 aliphatic rings. The van der Waals surface area contributed by atoms with Crippen LogP contribution in [0.25, 0.3) is 11.0 Å². The Kier molecular flexibility index (Phi) is 6.90. The Labute approximate surface area is 178 Å². The molecule has 2 aromatic heterocycles. The number of ether oxygens (including phenoxy) is 1. The van der Waals surface area contributed by atoms with Gasteiger partial charge in [0.05, 0.1) is 29.3 Å². The molecule has 8 heteroatoms. The molecule has 0 spiro atoms. The van der Waals surface area contributed by atoms with Gasteiger partial charge in [-0.1, -0.05) is 32.4 Å². The van der Waals surface area contributed by atoms with Gasteiger partial charge in [-0.25, -0.2) is 13.4 Å². The quantitative estimate of drug-likeness (QED) is 0.519. The van der Waals surface area contributed by atoms with E-state index >= 15 is 0 Å². The molecule has 0 radical (unpaired) electrons. The van der Waals surface area contributed by atoms with E-state index in [1.807, 2.05) is 32.0 Å². The van der Waals surface area contributed by atoms with Gasteiger partial charge < -0.3 is 9.30 Å². The van der Waals surface area contributed by atoms with Crippen molar-refractivity contribution in [3.8, 4) is 0 Å². The van der Waals surface area contributed by atoms with Gasteiger partial charge in [0.2, 0.25) is 10.0 Å². The summed E-state index contributed by atoms with van der Waals surface area (Å²) in [6.45, 7) is 7.04. The number of nitrogens with zero attached hydrogens (tertiary/aromatic N) is 4. The summed E-state index contributed by atoms with van der Waals surface area (Å²) in [5.74, 6) is 1.08. The minimum absolute atomic E-state index is 0.191. The fraction of sp³-hybridized carbons (Fsp3) is 0.455. The molecule has 0 N–H and O–H groups in total. The average molecular weight is 431 g/mol. The zero-order chi connectivity index (χ0) is 21.9. The largest absolute Gasteiger partial charge is 0.383 e. The van der Waals surface area contributed by atoms with E-state index < -0.39 is 10.0 Å². The molecule has 30 heavy (non-hydrogen) atoms. The van der Waals surface area contributed by atoms with Gasteiger partial charge in [0.1, 0.15) is 11.3 Å². The van der Waals surface area contributed by atoms with Crippen molar-refractivity contribution in [2.75, 3.05) is 20.8 Å². The Balaban J connectivity index is 1.84. The number of fused-ring (bicyclic) bond motifs is 1. The monoisotopic (exact) mass is 430 g/mol. The number of likely N-dealkylation sites (N-methyl/N-ethyl adjacent to an activating group) is 1. The third-order valence-electron chi connectivity index (χ3n) is 5.79. The molecular formula is C22H30N4O3S. The van der Waals surface area contributed by atoms with E-state index in [-0.39, 0.29) is 16.9 Å². The maximum atomic E-state index is 13.2. The second-order valence-electron chi connectivity index (χ2n) is 7.68. The highest BCUT2D eigenvalue weighted by molar-refractivity contribution is 7.89. The van der Waals surface area contributed by atoms with Crippen molar-refractivity contribution in [2.45, 2.75) is 44.7 Å². The van der Waals surface area contributed by atoms with Gasteiger partial charge in [0.25, 0.3) is 0 Å². The van der Waals surface area contributed by atoms with Crippen molar-refractivity contribution in [3.05, 3.63) is 54.1 Å². The first kappa shape index (κ1) is 22.4. The number of pyridine rings is 1. The molecule has 1 aromatic carbocycles. The lowest BCUT2D eigenvalue weighted by Gasteiger charge is -2.31. The smallest absolute Gasteiger partial charge is 0.243 e. The van der Waals surface area contributed by atoms with Crippen LogP contribution in [0.2, 0.25) is 0 Å². The molecule has 3 rings (SSSR count).